The number of hydrogen-bond acceptors (Lipinski definition) is 4. The van der Waals surface area contributed by atoms with Crippen molar-refractivity contribution in [3.8, 4) is 0 Å². The Labute approximate surface area is 128 Å². The zero-order valence-corrected chi connectivity index (χ0v) is 12.4. The molecule has 1 unspecified atom stereocenters. The first kappa shape index (κ1) is 15.7. The fourth-order valence-electron chi connectivity index (χ4n) is 2.29. The number of benzene rings is 1. The lowest BCUT2D eigenvalue weighted by atomic mass is 9.96. The molecule has 1 aromatic rings. The van der Waals surface area contributed by atoms with Gasteiger partial charge in [0.15, 0.2) is 17.7 Å². The lowest BCUT2D eigenvalue weighted by molar-refractivity contribution is -0.156. The number of esters is 1. The molecule has 1 aliphatic carbocycles. The van der Waals surface area contributed by atoms with E-state index in [9.17, 15) is 14.4 Å². The van der Waals surface area contributed by atoms with E-state index in [1.807, 2.05) is 0 Å². The van der Waals surface area contributed by atoms with Crippen LogP contribution in [0.25, 0.3) is 0 Å². The molecule has 2 rings (SSSR count). The summed E-state index contributed by atoms with van der Waals surface area (Å²) in [7, 11) is 0. The average molecular weight is 309 g/mol. The molecule has 1 aliphatic rings. The molecule has 0 spiro atoms. The van der Waals surface area contributed by atoms with Crippen molar-refractivity contribution in [1.29, 1.82) is 0 Å². The van der Waals surface area contributed by atoms with Crippen molar-refractivity contribution in [1.82, 2.24) is 0 Å². The number of rotatable bonds is 5. The number of ketones is 2. The second kappa shape index (κ2) is 7.36. The van der Waals surface area contributed by atoms with Gasteiger partial charge in [-0.2, -0.15) is 0 Å². The Hall–Kier alpha value is -1.68. The largest absolute Gasteiger partial charge is 0.454 e. The summed E-state index contributed by atoms with van der Waals surface area (Å²) >= 11 is 5.75. The molecule has 0 heterocycles. The molecule has 0 amide bonds. The summed E-state index contributed by atoms with van der Waals surface area (Å²) in [6.07, 6.45) is 2.27. The van der Waals surface area contributed by atoms with Gasteiger partial charge in [0.05, 0.1) is 6.42 Å². The maximum Gasteiger partial charge on any atom is 0.306 e. The van der Waals surface area contributed by atoms with E-state index in [0.29, 0.717) is 23.4 Å². The monoisotopic (exact) mass is 308 g/mol. The molecule has 1 atom stereocenters. The fourth-order valence-corrected chi connectivity index (χ4v) is 2.41. The van der Waals surface area contributed by atoms with E-state index in [2.05, 4.69) is 0 Å². The van der Waals surface area contributed by atoms with Crippen LogP contribution < -0.4 is 0 Å². The Kier molecular flexibility index (Phi) is 5.51. The van der Waals surface area contributed by atoms with Crippen LogP contribution in [0.5, 0.6) is 0 Å². The molecule has 0 bridgehead atoms. The Morgan fingerprint density at radius 1 is 1.14 bits per heavy atom. The van der Waals surface area contributed by atoms with Gasteiger partial charge in [0.25, 0.3) is 0 Å². The molecule has 0 aliphatic heterocycles. The Morgan fingerprint density at radius 3 is 2.52 bits per heavy atom. The van der Waals surface area contributed by atoms with E-state index >= 15 is 0 Å². The van der Waals surface area contributed by atoms with Gasteiger partial charge >= 0.3 is 5.97 Å². The molecule has 5 heteroatoms. The van der Waals surface area contributed by atoms with Crippen LogP contribution in [0.4, 0.5) is 0 Å². The van der Waals surface area contributed by atoms with Crippen molar-refractivity contribution in [3.05, 3.63) is 34.9 Å². The third kappa shape index (κ3) is 4.67. The Morgan fingerprint density at radius 2 is 1.86 bits per heavy atom. The number of carbonyl (C=O) groups excluding carboxylic acids is 3. The zero-order chi connectivity index (χ0) is 15.2. The summed E-state index contributed by atoms with van der Waals surface area (Å²) in [5.74, 6) is -0.644. The van der Waals surface area contributed by atoms with Crippen molar-refractivity contribution in [2.45, 2.75) is 44.6 Å². The zero-order valence-electron chi connectivity index (χ0n) is 11.6. The number of carbonyl (C=O) groups is 3. The van der Waals surface area contributed by atoms with E-state index in [1.165, 1.54) is 0 Å². The normalized spacial score (nSPS) is 18.3. The van der Waals surface area contributed by atoms with Crippen LogP contribution in [0, 0.1) is 0 Å². The molecule has 21 heavy (non-hydrogen) atoms. The van der Waals surface area contributed by atoms with E-state index in [4.69, 9.17) is 16.3 Å². The van der Waals surface area contributed by atoms with Gasteiger partial charge in [-0.25, -0.2) is 0 Å². The van der Waals surface area contributed by atoms with Crippen LogP contribution >= 0.6 is 11.6 Å². The van der Waals surface area contributed by atoms with E-state index in [-0.39, 0.29) is 24.4 Å². The first-order valence-electron chi connectivity index (χ1n) is 7.07. The van der Waals surface area contributed by atoms with Crippen LogP contribution in [0.3, 0.4) is 0 Å². The van der Waals surface area contributed by atoms with E-state index in [0.717, 1.165) is 12.8 Å². The van der Waals surface area contributed by atoms with Gasteiger partial charge in [-0.05, 0) is 43.5 Å². The summed E-state index contributed by atoms with van der Waals surface area (Å²) in [5, 5.41) is 0.557. The topological polar surface area (TPSA) is 60.4 Å². The molecule has 0 N–H and O–H groups in total. The Bertz CT molecular complexity index is 536. The van der Waals surface area contributed by atoms with Crippen molar-refractivity contribution in [2.24, 2.45) is 0 Å². The minimum absolute atomic E-state index is 0.00869. The molecule has 0 aromatic heterocycles. The smallest absolute Gasteiger partial charge is 0.306 e. The van der Waals surface area contributed by atoms with Gasteiger partial charge in [-0.1, -0.05) is 11.6 Å². The summed E-state index contributed by atoms with van der Waals surface area (Å²) in [6, 6.07) is 6.52. The van der Waals surface area contributed by atoms with Crippen LogP contribution in [0.2, 0.25) is 5.02 Å². The van der Waals surface area contributed by atoms with Gasteiger partial charge in [-0.3, -0.25) is 14.4 Å². The second-order valence-corrected chi connectivity index (χ2v) is 5.56. The van der Waals surface area contributed by atoms with Gasteiger partial charge in [0.1, 0.15) is 0 Å². The summed E-state index contributed by atoms with van der Waals surface area (Å²) in [4.78, 5) is 35.2. The summed E-state index contributed by atoms with van der Waals surface area (Å²) in [6.45, 7) is 0. The standard InChI is InChI=1S/C16H17ClO4/c17-12-7-5-11(6-8-12)13(18)9-10-16(20)21-15-4-2-1-3-14(15)19/h5-8,15H,1-4,9-10H2. The summed E-state index contributed by atoms with van der Waals surface area (Å²) in [5.41, 5.74) is 0.515. The molecular formula is C16H17ClO4. The number of Topliss-reactive ketones (excluding diaryl/α,β-unsaturated/α-hetero) is 2. The van der Waals surface area contributed by atoms with E-state index < -0.39 is 12.1 Å². The number of halogens is 1. The maximum atomic E-state index is 11.9. The molecule has 4 nitrogen and oxygen atoms in total. The highest BCUT2D eigenvalue weighted by atomic mass is 35.5. The first-order valence-corrected chi connectivity index (χ1v) is 7.45. The lowest BCUT2D eigenvalue weighted by Crippen LogP contribution is -2.30. The van der Waals surface area contributed by atoms with Crippen LogP contribution in [0.15, 0.2) is 24.3 Å². The van der Waals surface area contributed by atoms with Crippen LogP contribution in [0.1, 0.15) is 48.9 Å². The fraction of sp³-hybridized carbons (Fsp3) is 0.438. The number of hydrogen-bond donors (Lipinski definition) is 0. The van der Waals surface area contributed by atoms with Crippen molar-refractivity contribution >= 4 is 29.1 Å². The highest BCUT2D eigenvalue weighted by molar-refractivity contribution is 6.30. The van der Waals surface area contributed by atoms with Crippen molar-refractivity contribution < 1.29 is 19.1 Å². The predicted molar refractivity (Wildman–Crippen MR) is 78.4 cm³/mol. The van der Waals surface area contributed by atoms with Gasteiger partial charge in [0, 0.05) is 23.4 Å². The third-order valence-electron chi connectivity index (χ3n) is 3.49. The van der Waals surface area contributed by atoms with Crippen LogP contribution in [-0.2, 0) is 14.3 Å². The summed E-state index contributed by atoms with van der Waals surface area (Å²) < 4.78 is 5.15. The maximum absolute atomic E-state index is 11.9. The SMILES string of the molecule is O=C(CCC(=O)c1ccc(Cl)cc1)OC1CCCCC1=O. The van der Waals surface area contributed by atoms with Crippen molar-refractivity contribution in [2.75, 3.05) is 0 Å². The van der Waals surface area contributed by atoms with Gasteiger partial charge in [0.2, 0.25) is 0 Å². The molecule has 1 aromatic carbocycles. The highest BCUT2D eigenvalue weighted by Crippen LogP contribution is 2.18. The quantitative estimate of drug-likeness (QED) is 0.618. The minimum Gasteiger partial charge on any atom is -0.454 e. The molecular weight excluding hydrogens is 292 g/mol. The van der Waals surface area contributed by atoms with Crippen LogP contribution in [-0.4, -0.2) is 23.6 Å². The molecule has 112 valence electrons. The van der Waals surface area contributed by atoms with E-state index in [1.54, 1.807) is 24.3 Å². The average Bonchev–Trinajstić information content (AvgIpc) is 2.48. The third-order valence-corrected chi connectivity index (χ3v) is 3.75. The van der Waals surface area contributed by atoms with Gasteiger partial charge in [-0.15, -0.1) is 0 Å². The molecule has 0 radical (unpaired) electrons. The number of ether oxygens (including phenoxy) is 1. The lowest BCUT2D eigenvalue weighted by Gasteiger charge is -2.20. The minimum atomic E-state index is -0.614. The van der Waals surface area contributed by atoms with Gasteiger partial charge < -0.3 is 4.74 Å². The van der Waals surface area contributed by atoms with Crippen molar-refractivity contribution in [3.63, 3.8) is 0 Å². The molecule has 1 saturated carbocycles. The second-order valence-electron chi connectivity index (χ2n) is 5.12. The molecule has 1 fully saturated rings. The first-order chi connectivity index (χ1) is 10.1. The Balaban J connectivity index is 1.79. The highest BCUT2D eigenvalue weighted by Gasteiger charge is 2.25. The molecule has 0 saturated heterocycles. The predicted octanol–water partition coefficient (Wildman–Crippen LogP) is 3.36.